The Hall–Kier alpha value is -3.24. The third-order valence-corrected chi connectivity index (χ3v) is 11.7. The number of amides is 1. The maximum Gasteiger partial charge on any atom is 0.249 e. The second kappa shape index (κ2) is 14.1. The number of nitrogens with zero attached hydrogens (tertiary/aromatic N) is 6. The Bertz CT molecular complexity index is 1440. The molecule has 1 aromatic carbocycles. The van der Waals surface area contributed by atoms with Gasteiger partial charge in [0.05, 0.1) is 18.5 Å². The molecule has 1 atom stereocenters. The fraction of sp³-hybridized carbons (Fsp3) is 0.676. The molecule has 2 saturated carbocycles. The molecule has 0 radical (unpaired) electrons. The van der Waals surface area contributed by atoms with E-state index in [0.29, 0.717) is 25.0 Å². The normalized spacial score (nSPS) is 25.5. The quantitative estimate of drug-likeness (QED) is 0.322. The highest BCUT2D eigenvalue weighted by Crippen LogP contribution is 2.42. The highest BCUT2D eigenvalue weighted by molar-refractivity contribution is 6.04. The molecule has 10 heteroatoms. The van der Waals surface area contributed by atoms with Gasteiger partial charge in [-0.1, -0.05) is 26.2 Å². The summed E-state index contributed by atoms with van der Waals surface area (Å²) in [6, 6.07) is 4.76. The van der Waals surface area contributed by atoms with E-state index in [4.69, 9.17) is 9.72 Å². The van der Waals surface area contributed by atoms with Gasteiger partial charge in [-0.2, -0.15) is 4.98 Å². The lowest BCUT2D eigenvalue weighted by Gasteiger charge is -2.43. The largest absolute Gasteiger partial charge is 0.491 e. The van der Waals surface area contributed by atoms with Crippen molar-refractivity contribution < 1.29 is 14.3 Å². The summed E-state index contributed by atoms with van der Waals surface area (Å²) >= 11 is 0. The van der Waals surface area contributed by atoms with Gasteiger partial charge in [-0.25, -0.2) is 4.98 Å². The number of anilines is 4. The molecular weight excluding hydrogens is 590 g/mol. The summed E-state index contributed by atoms with van der Waals surface area (Å²) < 4.78 is 6.10. The molecule has 2 aromatic rings. The van der Waals surface area contributed by atoms with E-state index in [1.165, 1.54) is 64.7 Å². The molecule has 1 saturated heterocycles. The number of Topliss-reactive ketones (excluding diaryl/α,β-unsaturated/α-hetero) is 1. The minimum Gasteiger partial charge on any atom is -0.491 e. The Morgan fingerprint density at radius 2 is 1.77 bits per heavy atom. The van der Waals surface area contributed by atoms with Gasteiger partial charge in [0.25, 0.3) is 0 Å². The molecule has 47 heavy (non-hydrogen) atoms. The molecule has 3 fully saturated rings. The van der Waals surface area contributed by atoms with Crippen LogP contribution in [0.4, 0.5) is 23.1 Å². The van der Waals surface area contributed by atoms with Gasteiger partial charge in [0.1, 0.15) is 17.5 Å². The number of hydrogen-bond donors (Lipinski definition) is 1. The van der Waals surface area contributed by atoms with Gasteiger partial charge in [-0.05, 0) is 76.5 Å². The second-order valence-corrected chi connectivity index (χ2v) is 14.6. The van der Waals surface area contributed by atoms with Crippen LogP contribution >= 0.6 is 0 Å². The SMILES string of the molecule is CCC1C(=O)N(C)c2cnc(Nc3ccc(C(=O)CCCC4CCC(N5CCN(C)CC5)CC4)c4c3OCC4)nc2N1C1CCCC1. The fourth-order valence-corrected chi connectivity index (χ4v) is 8.89. The van der Waals surface area contributed by atoms with Gasteiger partial charge < -0.3 is 24.8 Å². The zero-order valence-electron chi connectivity index (χ0n) is 28.7. The van der Waals surface area contributed by atoms with E-state index in [-0.39, 0.29) is 17.7 Å². The number of carbonyl (C=O) groups excluding carboxylic acids is 2. The molecule has 3 aliphatic heterocycles. The molecule has 5 aliphatic rings. The lowest BCUT2D eigenvalue weighted by Crippen LogP contribution is -2.55. The van der Waals surface area contributed by atoms with Crippen LogP contribution in [0.15, 0.2) is 18.3 Å². The molecule has 2 aliphatic carbocycles. The summed E-state index contributed by atoms with van der Waals surface area (Å²) in [5, 5.41) is 3.41. The number of ketones is 1. The highest BCUT2D eigenvalue weighted by Gasteiger charge is 2.41. The van der Waals surface area contributed by atoms with Gasteiger partial charge in [-0.15, -0.1) is 0 Å². The van der Waals surface area contributed by atoms with Crippen LogP contribution in [0.2, 0.25) is 0 Å². The van der Waals surface area contributed by atoms with Crippen LogP contribution in [0.3, 0.4) is 0 Å². The van der Waals surface area contributed by atoms with Crippen molar-refractivity contribution >= 4 is 34.8 Å². The van der Waals surface area contributed by atoms with Crippen LogP contribution in [0.25, 0.3) is 0 Å². The Balaban J connectivity index is 0.989. The summed E-state index contributed by atoms with van der Waals surface area (Å²) in [6.07, 6.45) is 15.6. The summed E-state index contributed by atoms with van der Waals surface area (Å²) in [5.74, 6) is 3.12. The first-order valence-corrected chi connectivity index (χ1v) is 18.4. The molecule has 10 nitrogen and oxygen atoms in total. The number of piperazine rings is 1. The Morgan fingerprint density at radius 3 is 2.51 bits per heavy atom. The predicted octanol–water partition coefficient (Wildman–Crippen LogP) is 5.82. The number of ether oxygens (including phenoxy) is 1. The standard InChI is InChI=1S/C37H53N7O3/c1-4-31-36(46)42(3)32-24-38-37(40-35(32)44(31)27-9-5-6-10-27)39-30-17-16-28(29-18-23-47-34(29)30)33(45)11-7-8-25-12-14-26(15-13-25)43-21-19-41(2)20-22-43/h16-17,24-27,31H,4-15,18-23H2,1-3H3,(H,38,39,40). The maximum atomic E-state index is 13.5. The Morgan fingerprint density at radius 1 is 1.00 bits per heavy atom. The number of rotatable bonds is 10. The molecule has 4 heterocycles. The van der Waals surface area contributed by atoms with E-state index in [2.05, 4.69) is 39.0 Å². The van der Waals surface area contributed by atoms with Crippen molar-refractivity contribution in [1.82, 2.24) is 19.8 Å². The van der Waals surface area contributed by atoms with Crippen LogP contribution in [-0.4, -0.2) is 96.5 Å². The number of fused-ring (bicyclic) bond motifs is 2. The van der Waals surface area contributed by atoms with Crippen molar-refractivity contribution in [1.29, 1.82) is 0 Å². The molecule has 1 aromatic heterocycles. The lowest BCUT2D eigenvalue weighted by molar-refractivity contribution is -0.120. The summed E-state index contributed by atoms with van der Waals surface area (Å²) in [5.41, 5.74) is 3.33. The number of likely N-dealkylation sites (N-methyl/N-ethyl adjacent to an activating group) is 2. The Labute approximate surface area is 280 Å². The molecular formula is C37H53N7O3. The van der Waals surface area contributed by atoms with Crippen molar-refractivity contribution in [3.05, 3.63) is 29.5 Å². The van der Waals surface area contributed by atoms with Crippen molar-refractivity contribution in [2.24, 2.45) is 5.92 Å². The van der Waals surface area contributed by atoms with E-state index in [9.17, 15) is 9.59 Å². The summed E-state index contributed by atoms with van der Waals surface area (Å²) in [6.45, 7) is 7.44. The van der Waals surface area contributed by atoms with E-state index in [1.807, 2.05) is 19.2 Å². The second-order valence-electron chi connectivity index (χ2n) is 14.6. The first-order valence-electron chi connectivity index (χ1n) is 18.4. The van der Waals surface area contributed by atoms with Gasteiger partial charge in [-0.3, -0.25) is 14.5 Å². The number of benzene rings is 1. The molecule has 0 bridgehead atoms. The average molecular weight is 644 g/mol. The van der Waals surface area contributed by atoms with E-state index in [0.717, 1.165) is 84.6 Å². The minimum absolute atomic E-state index is 0.108. The zero-order valence-corrected chi connectivity index (χ0v) is 28.7. The van der Waals surface area contributed by atoms with Crippen LogP contribution in [0.5, 0.6) is 5.75 Å². The summed E-state index contributed by atoms with van der Waals surface area (Å²) in [7, 11) is 4.05. The van der Waals surface area contributed by atoms with Crippen molar-refractivity contribution in [3.63, 3.8) is 0 Å². The topological polar surface area (TPSA) is 94.1 Å². The first kappa shape index (κ1) is 32.3. The molecule has 1 unspecified atom stereocenters. The third-order valence-electron chi connectivity index (χ3n) is 11.7. The Kier molecular flexibility index (Phi) is 9.68. The molecule has 7 rings (SSSR count). The monoisotopic (exact) mass is 643 g/mol. The summed E-state index contributed by atoms with van der Waals surface area (Å²) in [4.78, 5) is 45.5. The average Bonchev–Trinajstić information content (AvgIpc) is 3.81. The van der Waals surface area contributed by atoms with Crippen molar-refractivity contribution in [3.8, 4) is 5.75 Å². The minimum atomic E-state index is -0.215. The van der Waals surface area contributed by atoms with Crippen molar-refractivity contribution in [2.75, 3.05) is 62.0 Å². The van der Waals surface area contributed by atoms with Gasteiger partial charge >= 0.3 is 0 Å². The number of nitrogens with one attached hydrogen (secondary N) is 1. The molecule has 0 spiro atoms. The number of carbonyl (C=O) groups is 2. The van der Waals surface area contributed by atoms with Crippen LogP contribution in [0, 0.1) is 5.92 Å². The van der Waals surface area contributed by atoms with Crippen molar-refractivity contribution in [2.45, 2.75) is 109 Å². The molecule has 254 valence electrons. The van der Waals surface area contributed by atoms with Crippen LogP contribution in [0.1, 0.15) is 99.9 Å². The molecule has 1 N–H and O–H groups in total. The lowest BCUT2D eigenvalue weighted by atomic mass is 9.82. The predicted molar refractivity (Wildman–Crippen MR) is 186 cm³/mol. The first-order chi connectivity index (χ1) is 22.9. The third kappa shape index (κ3) is 6.60. The number of hydrogen-bond acceptors (Lipinski definition) is 9. The smallest absolute Gasteiger partial charge is 0.249 e. The van der Waals surface area contributed by atoms with E-state index in [1.54, 1.807) is 11.1 Å². The maximum absolute atomic E-state index is 13.5. The molecule has 1 amide bonds. The fourth-order valence-electron chi connectivity index (χ4n) is 8.89. The highest BCUT2D eigenvalue weighted by atomic mass is 16.5. The van der Waals surface area contributed by atoms with Gasteiger partial charge in [0.15, 0.2) is 11.6 Å². The van der Waals surface area contributed by atoms with E-state index < -0.39 is 0 Å². The van der Waals surface area contributed by atoms with Crippen LogP contribution in [-0.2, 0) is 11.2 Å². The number of aromatic nitrogens is 2. The van der Waals surface area contributed by atoms with E-state index >= 15 is 0 Å². The van der Waals surface area contributed by atoms with Gasteiger partial charge in [0.2, 0.25) is 11.9 Å². The van der Waals surface area contributed by atoms with Gasteiger partial charge in [0, 0.05) is 69.3 Å². The zero-order chi connectivity index (χ0) is 32.5. The van der Waals surface area contributed by atoms with Crippen LogP contribution < -0.4 is 19.9 Å².